The normalized spacial score (nSPS) is 16.7. The fourth-order valence-electron chi connectivity index (χ4n) is 2.47. The number of ketones is 1. The molecule has 1 atom stereocenters. The van der Waals surface area contributed by atoms with Gasteiger partial charge in [-0.1, -0.05) is 66.2 Å². The first kappa shape index (κ1) is 16.7. The van der Waals surface area contributed by atoms with E-state index in [9.17, 15) is 4.79 Å². The maximum absolute atomic E-state index is 12.9. The molecule has 1 fully saturated rings. The molecule has 0 aliphatic carbocycles. The molecule has 1 aliphatic heterocycles. The number of thioether (sulfide) groups is 2. The number of carbonyl (C=O) groups is 1. The van der Waals surface area contributed by atoms with Crippen LogP contribution in [0.25, 0.3) is 6.08 Å². The number of allylic oxidation sites excluding steroid dienone is 1. The van der Waals surface area contributed by atoms with Crippen molar-refractivity contribution >= 4 is 47.0 Å². The highest BCUT2D eigenvalue weighted by atomic mass is 35.5. The molecule has 0 N–H and O–H groups in total. The molecule has 23 heavy (non-hydrogen) atoms. The smallest absolute Gasteiger partial charge is 0.171 e. The van der Waals surface area contributed by atoms with Gasteiger partial charge in [-0.2, -0.15) is 0 Å². The van der Waals surface area contributed by atoms with E-state index in [1.165, 1.54) is 0 Å². The van der Waals surface area contributed by atoms with E-state index in [1.54, 1.807) is 0 Å². The third kappa shape index (κ3) is 4.43. The van der Waals surface area contributed by atoms with Gasteiger partial charge in [-0.05, 0) is 17.7 Å². The van der Waals surface area contributed by atoms with Crippen molar-refractivity contribution in [2.45, 2.75) is 4.58 Å². The minimum atomic E-state index is -0.106. The quantitative estimate of drug-likeness (QED) is 0.640. The topological polar surface area (TPSA) is 17.1 Å². The molecule has 0 aromatic heterocycles. The number of halogens is 1. The monoisotopic (exact) mass is 360 g/mol. The summed E-state index contributed by atoms with van der Waals surface area (Å²) in [5, 5.41) is 0.723. The van der Waals surface area contributed by atoms with Gasteiger partial charge in [0.05, 0.1) is 10.5 Å². The van der Waals surface area contributed by atoms with Gasteiger partial charge in [0.1, 0.15) is 0 Å². The van der Waals surface area contributed by atoms with Crippen LogP contribution in [0.15, 0.2) is 60.7 Å². The minimum absolute atomic E-state index is 0.106. The molecule has 3 rings (SSSR count). The molecular weight excluding hydrogens is 344 g/mol. The molecule has 1 nitrogen and oxygen atoms in total. The summed E-state index contributed by atoms with van der Waals surface area (Å²) >= 11 is 9.69. The molecule has 4 heteroatoms. The first-order chi connectivity index (χ1) is 11.2. The van der Waals surface area contributed by atoms with E-state index >= 15 is 0 Å². The molecule has 0 spiro atoms. The van der Waals surface area contributed by atoms with Gasteiger partial charge in [-0.3, -0.25) is 4.79 Å². The fraction of sp³-hybridized carbons (Fsp3) is 0.211. The molecule has 0 bridgehead atoms. The van der Waals surface area contributed by atoms with E-state index < -0.39 is 0 Å². The molecule has 0 amide bonds. The van der Waals surface area contributed by atoms with E-state index in [0.717, 1.165) is 27.7 Å². The lowest BCUT2D eigenvalue weighted by molar-refractivity contribution is 0.0952. The van der Waals surface area contributed by atoms with E-state index in [-0.39, 0.29) is 11.7 Å². The molecule has 1 heterocycles. The van der Waals surface area contributed by atoms with Gasteiger partial charge in [0.25, 0.3) is 0 Å². The SMILES string of the molecule is O=C(c1ccccc1)C(/C=C/c1ccc(Cl)cc1)C1SCCS1. The van der Waals surface area contributed by atoms with E-state index in [2.05, 4.69) is 6.08 Å². The number of Topliss-reactive ketones (excluding diaryl/α,β-unsaturated/α-hetero) is 1. The Morgan fingerprint density at radius 3 is 2.35 bits per heavy atom. The highest BCUT2D eigenvalue weighted by molar-refractivity contribution is 8.20. The van der Waals surface area contributed by atoms with E-state index in [1.807, 2.05) is 84.2 Å². The first-order valence-electron chi connectivity index (χ1n) is 7.50. The lowest BCUT2D eigenvalue weighted by Crippen LogP contribution is -2.20. The van der Waals surface area contributed by atoms with Gasteiger partial charge < -0.3 is 0 Å². The zero-order valence-corrected chi connectivity index (χ0v) is 14.9. The van der Waals surface area contributed by atoms with Crippen molar-refractivity contribution in [3.63, 3.8) is 0 Å². The molecule has 0 radical (unpaired) electrons. The third-order valence-corrected chi connectivity index (χ3v) is 7.12. The second-order valence-corrected chi connectivity index (χ2v) is 8.51. The molecule has 1 aliphatic rings. The lowest BCUT2D eigenvalue weighted by Gasteiger charge is -2.17. The molecule has 2 aromatic carbocycles. The highest BCUT2D eigenvalue weighted by Crippen LogP contribution is 2.39. The Kier molecular flexibility index (Phi) is 5.87. The Balaban J connectivity index is 1.83. The number of benzene rings is 2. The van der Waals surface area contributed by atoms with E-state index in [0.29, 0.717) is 4.58 Å². The first-order valence-corrected chi connectivity index (χ1v) is 9.98. The van der Waals surface area contributed by atoms with Gasteiger partial charge in [0.2, 0.25) is 0 Å². The van der Waals surface area contributed by atoms with Crippen LogP contribution in [0.1, 0.15) is 15.9 Å². The molecule has 0 saturated carbocycles. The summed E-state index contributed by atoms with van der Waals surface area (Å²) < 4.78 is 0.297. The van der Waals surface area contributed by atoms with Crippen molar-refractivity contribution < 1.29 is 4.79 Å². The van der Waals surface area contributed by atoms with Gasteiger partial charge in [0, 0.05) is 22.1 Å². The van der Waals surface area contributed by atoms with Crippen LogP contribution in [0.5, 0.6) is 0 Å². The summed E-state index contributed by atoms with van der Waals surface area (Å²) in [6.07, 6.45) is 4.08. The lowest BCUT2D eigenvalue weighted by atomic mass is 9.98. The van der Waals surface area contributed by atoms with Crippen molar-refractivity contribution in [3.8, 4) is 0 Å². The Morgan fingerprint density at radius 2 is 1.70 bits per heavy atom. The highest BCUT2D eigenvalue weighted by Gasteiger charge is 2.30. The van der Waals surface area contributed by atoms with Crippen molar-refractivity contribution in [1.29, 1.82) is 0 Å². The molecule has 1 unspecified atom stereocenters. The predicted molar refractivity (Wildman–Crippen MR) is 103 cm³/mol. The van der Waals surface area contributed by atoms with Crippen molar-refractivity contribution in [1.82, 2.24) is 0 Å². The summed E-state index contributed by atoms with van der Waals surface area (Å²) in [5.41, 5.74) is 1.85. The Bertz CT molecular complexity index is 676. The number of rotatable bonds is 5. The fourth-order valence-corrected chi connectivity index (χ4v) is 5.64. The maximum Gasteiger partial charge on any atom is 0.171 e. The molecule has 2 aromatic rings. The van der Waals surface area contributed by atoms with Crippen molar-refractivity contribution in [2.75, 3.05) is 11.5 Å². The van der Waals surface area contributed by atoms with Gasteiger partial charge >= 0.3 is 0 Å². The third-order valence-electron chi connectivity index (χ3n) is 3.67. The van der Waals surface area contributed by atoms with Crippen molar-refractivity contribution in [3.05, 3.63) is 76.8 Å². The number of carbonyl (C=O) groups excluding carboxylic acids is 1. The summed E-state index contributed by atoms with van der Waals surface area (Å²) in [7, 11) is 0. The summed E-state index contributed by atoms with van der Waals surface area (Å²) in [5.74, 6) is 2.32. The zero-order chi connectivity index (χ0) is 16.1. The van der Waals surface area contributed by atoms with Gasteiger partial charge in [-0.25, -0.2) is 0 Å². The van der Waals surface area contributed by atoms with Gasteiger partial charge in [0.15, 0.2) is 5.78 Å². The number of hydrogen-bond acceptors (Lipinski definition) is 3. The second-order valence-electron chi connectivity index (χ2n) is 5.28. The van der Waals surface area contributed by atoms with Crippen LogP contribution < -0.4 is 0 Å². The summed E-state index contributed by atoms with van der Waals surface area (Å²) in [6.45, 7) is 0. The summed E-state index contributed by atoms with van der Waals surface area (Å²) in [4.78, 5) is 12.9. The second kappa shape index (κ2) is 8.09. The van der Waals surface area contributed by atoms with Crippen LogP contribution >= 0.6 is 35.1 Å². The Morgan fingerprint density at radius 1 is 1.04 bits per heavy atom. The van der Waals surface area contributed by atoms with Crippen LogP contribution in [0.2, 0.25) is 5.02 Å². The Hall–Kier alpha value is -1.16. The van der Waals surface area contributed by atoms with Crippen molar-refractivity contribution in [2.24, 2.45) is 5.92 Å². The molecular formula is C19H17ClOS2. The van der Waals surface area contributed by atoms with Gasteiger partial charge in [-0.15, -0.1) is 23.5 Å². The summed E-state index contributed by atoms with van der Waals surface area (Å²) in [6, 6.07) is 17.3. The van der Waals surface area contributed by atoms with Crippen LogP contribution in [-0.2, 0) is 0 Å². The van der Waals surface area contributed by atoms with Crippen LogP contribution in [-0.4, -0.2) is 21.9 Å². The standard InChI is InChI=1S/C19H17ClOS2/c20-16-9-6-14(7-10-16)8-11-17(19-22-12-13-23-19)18(21)15-4-2-1-3-5-15/h1-11,17,19H,12-13H2/b11-8+. The molecule has 118 valence electrons. The number of hydrogen-bond donors (Lipinski definition) is 0. The van der Waals surface area contributed by atoms with Crippen LogP contribution in [0.4, 0.5) is 0 Å². The average molecular weight is 361 g/mol. The average Bonchev–Trinajstić information content (AvgIpc) is 3.12. The maximum atomic E-state index is 12.9. The Labute approximate surface area is 150 Å². The minimum Gasteiger partial charge on any atom is -0.293 e. The van der Waals surface area contributed by atoms with Crippen LogP contribution in [0.3, 0.4) is 0 Å². The van der Waals surface area contributed by atoms with Crippen LogP contribution in [0, 0.1) is 5.92 Å². The van der Waals surface area contributed by atoms with E-state index in [4.69, 9.17) is 11.6 Å². The molecule has 1 saturated heterocycles. The predicted octanol–water partition coefficient (Wildman–Crippen LogP) is 5.66. The zero-order valence-electron chi connectivity index (χ0n) is 12.5. The largest absolute Gasteiger partial charge is 0.293 e.